The van der Waals surface area contributed by atoms with Crippen molar-refractivity contribution >= 4 is 17.5 Å². The van der Waals surface area contributed by atoms with Crippen LogP contribution in [0.15, 0.2) is 30.3 Å². The number of carbonyl (C=O) groups excluding carboxylic acids is 2. The number of nitrogens with zero attached hydrogens (tertiary/aromatic N) is 1. The summed E-state index contributed by atoms with van der Waals surface area (Å²) in [5.74, 6) is -14.2. The zero-order chi connectivity index (χ0) is 24.7. The fourth-order valence-corrected chi connectivity index (χ4v) is 3.36. The predicted molar refractivity (Wildman–Crippen MR) is 101 cm³/mol. The second-order valence-corrected chi connectivity index (χ2v) is 7.79. The van der Waals surface area contributed by atoms with Crippen LogP contribution in [0.25, 0.3) is 0 Å². The summed E-state index contributed by atoms with van der Waals surface area (Å²) < 4.78 is 97.9. The lowest BCUT2D eigenvalue weighted by atomic mass is 9.92. The number of amides is 2. The van der Waals surface area contributed by atoms with Crippen LogP contribution >= 0.6 is 0 Å². The first-order valence-corrected chi connectivity index (χ1v) is 9.54. The van der Waals surface area contributed by atoms with Crippen molar-refractivity contribution in [2.75, 3.05) is 18.4 Å². The average Bonchev–Trinajstić information content (AvgIpc) is 2.73. The van der Waals surface area contributed by atoms with Gasteiger partial charge in [-0.1, -0.05) is 0 Å². The lowest BCUT2D eigenvalue weighted by Crippen LogP contribution is -2.56. The molecule has 1 heterocycles. The van der Waals surface area contributed by atoms with Crippen LogP contribution in [0.3, 0.4) is 0 Å². The van der Waals surface area contributed by atoms with E-state index in [1.165, 1.54) is 0 Å². The Morgan fingerprint density at radius 3 is 2.27 bits per heavy atom. The topological polar surface area (TPSA) is 69.6 Å². The highest BCUT2D eigenvalue weighted by Gasteiger charge is 2.50. The Hall–Kier alpha value is -3.15. The Morgan fingerprint density at radius 2 is 1.70 bits per heavy atom. The zero-order valence-electron chi connectivity index (χ0n) is 16.9. The summed E-state index contributed by atoms with van der Waals surface area (Å²) in [5, 5.41) is 11.5. The van der Waals surface area contributed by atoms with Gasteiger partial charge in [-0.25, -0.2) is 22.0 Å². The number of rotatable bonds is 4. The summed E-state index contributed by atoms with van der Waals surface area (Å²) in [6.45, 7) is -0.327. The van der Waals surface area contributed by atoms with Gasteiger partial charge in [-0.05, 0) is 31.5 Å². The number of aliphatic hydroxyl groups excluding tert-OH is 1. The molecule has 2 unspecified atom stereocenters. The molecule has 5 nitrogen and oxygen atoms in total. The van der Waals surface area contributed by atoms with Crippen molar-refractivity contribution in [1.29, 1.82) is 0 Å². The zero-order valence-corrected chi connectivity index (χ0v) is 16.9. The molecule has 2 aromatic carbocycles. The van der Waals surface area contributed by atoms with Crippen LogP contribution in [-0.2, 0) is 10.7 Å². The maximum absolute atomic E-state index is 14.9. The van der Waals surface area contributed by atoms with Gasteiger partial charge in [-0.2, -0.15) is 8.78 Å². The van der Waals surface area contributed by atoms with E-state index in [1.807, 2.05) is 5.32 Å². The highest BCUT2D eigenvalue weighted by molar-refractivity contribution is 6.04. The summed E-state index contributed by atoms with van der Waals surface area (Å²) in [4.78, 5) is 25.1. The predicted octanol–water partition coefficient (Wildman–Crippen LogP) is 3.91. The number of hydrogen-bond acceptors (Lipinski definition) is 3. The van der Waals surface area contributed by atoms with Crippen LogP contribution < -0.4 is 5.32 Å². The molecule has 1 saturated heterocycles. The fraction of sp³-hybridized carbons (Fsp3) is 0.333. The minimum atomic E-state index is -4.51. The largest absolute Gasteiger partial charge is 0.390 e. The number of benzene rings is 2. The van der Waals surface area contributed by atoms with E-state index in [9.17, 15) is 45.4 Å². The Morgan fingerprint density at radius 1 is 1.09 bits per heavy atom. The molecule has 1 aliphatic heterocycles. The number of aliphatic hydroxyl groups is 1. The molecule has 2 atom stereocenters. The van der Waals surface area contributed by atoms with Gasteiger partial charge in [0.15, 0.2) is 23.1 Å². The monoisotopic (exact) mass is 478 g/mol. The first kappa shape index (κ1) is 24.5. The van der Waals surface area contributed by atoms with E-state index in [0.717, 1.165) is 13.0 Å². The van der Waals surface area contributed by atoms with Gasteiger partial charge in [0.1, 0.15) is 5.82 Å². The molecule has 2 amide bonds. The van der Waals surface area contributed by atoms with Gasteiger partial charge in [-0.3, -0.25) is 9.59 Å². The lowest BCUT2D eigenvalue weighted by molar-refractivity contribution is -0.167. The fourth-order valence-electron chi connectivity index (χ4n) is 3.36. The maximum Gasteiger partial charge on any atom is 0.352 e. The van der Waals surface area contributed by atoms with Crippen molar-refractivity contribution in [3.8, 4) is 0 Å². The van der Waals surface area contributed by atoms with Crippen molar-refractivity contribution in [2.45, 2.75) is 31.0 Å². The summed E-state index contributed by atoms with van der Waals surface area (Å²) in [6, 6.07) is 2.51. The molecule has 1 fully saturated rings. The molecule has 3 rings (SSSR count). The van der Waals surface area contributed by atoms with Gasteiger partial charge in [0.2, 0.25) is 0 Å². The van der Waals surface area contributed by atoms with E-state index in [2.05, 4.69) is 0 Å². The summed E-state index contributed by atoms with van der Waals surface area (Å²) in [5.41, 5.74) is -4.99. The number of alkyl halides is 3. The van der Waals surface area contributed by atoms with Gasteiger partial charge in [-0.15, -0.1) is 0 Å². The second kappa shape index (κ2) is 8.65. The first-order chi connectivity index (χ1) is 15.2. The van der Waals surface area contributed by atoms with E-state index in [0.29, 0.717) is 29.2 Å². The maximum atomic E-state index is 14.9. The first-order valence-electron chi connectivity index (χ1n) is 9.54. The van der Waals surface area contributed by atoms with Crippen LogP contribution in [0.1, 0.15) is 29.3 Å². The molecule has 0 bridgehead atoms. The van der Waals surface area contributed by atoms with Crippen LogP contribution in [0.5, 0.6) is 0 Å². The van der Waals surface area contributed by atoms with Crippen LogP contribution in [0, 0.1) is 23.3 Å². The Balaban J connectivity index is 1.87. The molecular weight excluding hydrogens is 461 g/mol. The van der Waals surface area contributed by atoms with Gasteiger partial charge in [0.05, 0.1) is 18.2 Å². The van der Waals surface area contributed by atoms with Crippen molar-refractivity contribution in [3.63, 3.8) is 0 Å². The van der Waals surface area contributed by atoms with E-state index in [1.54, 1.807) is 0 Å². The SMILES string of the molecule is CC1(F)CN(C(=O)C(F)(F)c2cc(C(=O)Nc3cc(F)c(F)c(F)c3)ccc2F)CCC1O. The molecule has 33 heavy (non-hydrogen) atoms. The van der Waals surface area contributed by atoms with Crippen molar-refractivity contribution in [1.82, 2.24) is 4.90 Å². The molecule has 0 aliphatic carbocycles. The smallest absolute Gasteiger partial charge is 0.352 e. The number of piperidine rings is 1. The molecule has 2 N–H and O–H groups in total. The average molecular weight is 478 g/mol. The highest BCUT2D eigenvalue weighted by atomic mass is 19.3. The Kier molecular flexibility index (Phi) is 6.42. The van der Waals surface area contributed by atoms with Crippen molar-refractivity contribution in [2.24, 2.45) is 0 Å². The molecule has 0 spiro atoms. The summed E-state index contributed by atoms with van der Waals surface area (Å²) in [7, 11) is 0. The summed E-state index contributed by atoms with van der Waals surface area (Å²) >= 11 is 0. The molecule has 1 aliphatic rings. The second-order valence-electron chi connectivity index (χ2n) is 7.79. The molecular formula is C21H17F7N2O3. The van der Waals surface area contributed by atoms with Gasteiger partial charge < -0.3 is 15.3 Å². The van der Waals surface area contributed by atoms with Crippen LogP contribution in [-0.4, -0.2) is 46.7 Å². The third-order valence-electron chi connectivity index (χ3n) is 5.23. The van der Waals surface area contributed by atoms with Crippen molar-refractivity contribution in [3.05, 3.63) is 64.7 Å². The van der Waals surface area contributed by atoms with Gasteiger partial charge >= 0.3 is 5.92 Å². The van der Waals surface area contributed by atoms with Gasteiger partial charge in [0, 0.05) is 29.9 Å². The quantitative estimate of drug-likeness (QED) is 0.518. The molecule has 0 saturated carbocycles. The van der Waals surface area contributed by atoms with E-state index < -0.39 is 82.7 Å². The van der Waals surface area contributed by atoms with E-state index in [-0.39, 0.29) is 6.42 Å². The number of nitrogens with one attached hydrogen (secondary N) is 1. The molecule has 12 heteroatoms. The van der Waals surface area contributed by atoms with Crippen LogP contribution in [0.2, 0.25) is 0 Å². The summed E-state index contributed by atoms with van der Waals surface area (Å²) in [6.07, 6.45) is -1.79. The normalized spacial score (nSPS) is 21.1. The Labute approximate surface area is 182 Å². The lowest BCUT2D eigenvalue weighted by Gasteiger charge is -2.39. The highest BCUT2D eigenvalue weighted by Crippen LogP contribution is 2.35. The van der Waals surface area contributed by atoms with E-state index >= 15 is 0 Å². The molecule has 0 radical (unpaired) electrons. The van der Waals surface area contributed by atoms with E-state index in [4.69, 9.17) is 0 Å². The standard InChI is InChI=1S/C21H17F7N2O3/c1-20(26)9-30(5-4-16(20)31)19(33)21(27,28)12-6-10(2-3-13(12)22)18(32)29-11-7-14(23)17(25)15(24)8-11/h2-3,6-8,16,31H,4-5,9H2,1H3,(H,29,32). The number of anilines is 1. The molecule has 178 valence electrons. The molecule has 0 aromatic heterocycles. The minimum absolute atomic E-state index is 0.315. The van der Waals surface area contributed by atoms with Crippen LogP contribution in [0.4, 0.5) is 36.4 Å². The minimum Gasteiger partial charge on any atom is -0.390 e. The molecule has 2 aromatic rings. The number of hydrogen-bond donors (Lipinski definition) is 2. The van der Waals surface area contributed by atoms with Gasteiger partial charge in [0.25, 0.3) is 11.8 Å². The number of carbonyl (C=O) groups is 2. The van der Waals surface area contributed by atoms with Crippen molar-refractivity contribution < 1.29 is 45.4 Å². The third-order valence-corrected chi connectivity index (χ3v) is 5.23. The third kappa shape index (κ3) is 4.80. The Bertz CT molecular complexity index is 1080. The number of halogens is 7. The number of likely N-dealkylation sites (tertiary alicyclic amines) is 1.